The molecular formula is C12H14ClFN2O3S. The zero-order chi connectivity index (χ0) is 14.9. The first-order valence-electron chi connectivity index (χ1n) is 6.05. The van der Waals surface area contributed by atoms with Gasteiger partial charge in [-0.1, -0.05) is 17.7 Å². The van der Waals surface area contributed by atoms with Crippen molar-refractivity contribution in [3.05, 3.63) is 34.6 Å². The van der Waals surface area contributed by atoms with Gasteiger partial charge in [-0.2, -0.15) is 0 Å². The quantitative estimate of drug-likeness (QED) is 0.893. The van der Waals surface area contributed by atoms with Crippen molar-refractivity contribution in [3.63, 3.8) is 0 Å². The molecule has 0 radical (unpaired) electrons. The van der Waals surface area contributed by atoms with Crippen molar-refractivity contribution in [2.24, 2.45) is 5.14 Å². The monoisotopic (exact) mass is 320 g/mol. The van der Waals surface area contributed by atoms with Gasteiger partial charge in [0.2, 0.25) is 10.0 Å². The summed E-state index contributed by atoms with van der Waals surface area (Å²) in [6.45, 7) is 0.317. The predicted octanol–water partition coefficient (Wildman–Crippen LogP) is 1.37. The minimum absolute atomic E-state index is 0.00716. The van der Waals surface area contributed by atoms with E-state index in [2.05, 4.69) is 0 Å². The predicted molar refractivity (Wildman–Crippen MR) is 73.4 cm³/mol. The molecule has 1 unspecified atom stereocenters. The van der Waals surface area contributed by atoms with Crippen molar-refractivity contribution in [2.75, 3.05) is 13.1 Å². The normalized spacial score (nSPS) is 19.9. The minimum atomic E-state index is -3.72. The molecule has 0 spiro atoms. The largest absolute Gasteiger partial charge is 0.337 e. The zero-order valence-electron chi connectivity index (χ0n) is 10.6. The highest BCUT2D eigenvalue weighted by molar-refractivity contribution is 7.89. The molecule has 5 nitrogen and oxygen atoms in total. The maximum absolute atomic E-state index is 13.7. The van der Waals surface area contributed by atoms with Gasteiger partial charge in [0, 0.05) is 13.1 Å². The average Bonchev–Trinajstić information content (AvgIpc) is 2.37. The molecule has 0 aliphatic carbocycles. The summed E-state index contributed by atoms with van der Waals surface area (Å²) in [6, 6.07) is 3.96. The van der Waals surface area contributed by atoms with Gasteiger partial charge in [-0.25, -0.2) is 17.9 Å². The van der Waals surface area contributed by atoms with E-state index < -0.39 is 27.0 Å². The number of likely N-dealkylation sites (tertiary alicyclic amines) is 1. The fourth-order valence-electron chi connectivity index (χ4n) is 2.25. The number of halogens is 2. The lowest BCUT2D eigenvalue weighted by atomic mass is 10.1. The number of carbonyl (C=O) groups is 1. The Morgan fingerprint density at radius 3 is 2.75 bits per heavy atom. The summed E-state index contributed by atoms with van der Waals surface area (Å²) in [6.07, 6.45) is 0.895. The molecule has 1 aromatic carbocycles. The van der Waals surface area contributed by atoms with Crippen LogP contribution in [0.2, 0.25) is 5.02 Å². The summed E-state index contributed by atoms with van der Waals surface area (Å²) < 4.78 is 36.4. The maximum atomic E-state index is 13.7. The molecule has 110 valence electrons. The van der Waals surface area contributed by atoms with Gasteiger partial charge in [0.25, 0.3) is 5.91 Å². The zero-order valence-corrected chi connectivity index (χ0v) is 12.1. The molecule has 0 bridgehead atoms. The summed E-state index contributed by atoms with van der Waals surface area (Å²) in [5, 5.41) is 4.30. The second-order valence-corrected chi connectivity index (χ2v) is 6.95. The Labute approximate surface area is 121 Å². The van der Waals surface area contributed by atoms with Crippen molar-refractivity contribution >= 4 is 27.5 Å². The number of rotatable bonds is 2. The Morgan fingerprint density at radius 1 is 1.45 bits per heavy atom. The smallest absolute Gasteiger partial charge is 0.258 e. The summed E-state index contributed by atoms with van der Waals surface area (Å²) in [5.74, 6) is -1.33. The fraction of sp³-hybridized carbons (Fsp3) is 0.417. The summed E-state index contributed by atoms with van der Waals surface area (Å²) >= 11 is 5.84. The van der Waals surface area contributed by atoms with Gasteiger partial charge in [-0.15, -0.1) is 0 Å². The summed E-state index contributed by atoms with van der Waals surface area (Å²) in [5.41, 5.74) is -0.232. The molecular weight excluding hydrogens is 307 g/mol. The third-order valence-electron chi connectivity index (χ3n) is 3.31. The number of hydrogen-bond donors (Lipinski definition) is 1. The Bertz CT molecular complexity index is 615. The van der Waals surface area contributed by atoms with E-state index in [1.807, 2.05) is 0 Å². The first-order chi connectivity index (χ1) is 9.30. The second-order valence-electron chi connectivity index (χ2n) is 4.70. The first kappa shape index (κ1) is 15.2. The fourth-order valence-corrected chi connectivity index (χ4v) is 3.38. The highest BCUT2D eigenvalue weighted by Crippen LogP contribution is 2.23. The Kier molecular flexibility index (Phi) is 4.31. The number of carbonyl (C=O) groups excluding carboxylic acids is 1. The van der Waals surface area contributed by atoms with Crippen LogP contribution in [0.15, 0.2) is 18.2 Å². The molecule has 1 heterocycles. The van der Waals surface area contributed by atoms with Crippen molar-refractivity contribution < 1.29 is 17.6 Å². The number of sulfonamides is 1. The SMILES string of the molecule is NS(=O)(=O)C1CCCN(C(=O)c2c(F)cccc2Cl)C1. The number of benzene rings is 1. The molecule has 1 aliphatic rings. The third-order valence-corrected chi connectivity index (χ3v) is 4.94. The van der Waals surface area contributed by atoms with E-state index in [0.717, 1.165) is 6.07 Å². The van der Waals surface area contributed by atoms with E-state index in [4.69, 9.17) is 16.7 Å². The van der Waals surface area contributed by atoms with Crippen LogP contribution in [0, 0.1) is 5.82 Å². The van der Waals surface area contributed by atoms with Crippen LogP contribution in [0.1, 0.15) is 23.2 Å². The van der Waals surface area contributed by atoms with E-state index >= 15 is 0 Å². The average molecular weight is 321 g/mol. The number of nitrogens with two attached hydrogens (primary N) is 1. The van der Waals surface area contributed by atoms with E-state index in [1.54, 1.807) is 0 Å². The van der Waals surface area contributed by atoms with Gasteiger partial charge < -0.3 is 4.90 Å². The molecule has 8 heteroatoms. The lowest BCUT2D eigenvalue weighted by Crippen LogP contribution is -2.47. The summed E-state index contributed by atoms with van der Waals surface area (Å²) in [7, 11) is -3.72. The lowest BCUT2D eigenvalue weighted by molar-refractivity contribution is 0.0722. The second kappa shape index (κ2) is 5.67. The molecule has 1 aromatic rings. The molecule has 1 saturated heterocycles. The van der Waals surface area contributed by atoms with Gasteiger partial charge in [0.05, 0.1) is 15.8 Å². The molecule has 1 amide bonds. The van der Waals surface area contributed by atoms with Gasteiger partial charge in [-0.05, 0) is 25.0 Å². The van der Waals surface area contributed by atoms with E-state index in [0.29, 0.717) is 19.4 Å². The van der Waals surface area contributed by atoms with E-state index in [-0.39, 0.29) is 17.1 Å². The minimum Gasteiger partial charge on any atom is -0.337 e. The number of amides is 1. The molecule has 1 atom stereocenters. The van der Waals surface area contributed by atoms with E-state index in [1.165, 1.54) is 17.0 Å². The van der Waals surface area contributed by atoms with Gasteiger partial charge >= 0.3 is 0 Å². The van der Waals surface area contributed by atoms with Gasteiger partial charge in [0.15, 0.2) is 0 Å². The van der Waals surface area contributed by atoms with Crippen LogP contribution < -0.4 is 5.14 Å². The van der Waals surface area contributed by atoms with Crippen LogP contribution in [0.4, 0.5) is 4.39 Å². The molecule has 20 heavy (non-hydrogen) atoms. The molecule has 1 aliphatic heterocycles. The Balaban J connectivity index is 2.26. The number of piperidine rings is 1. The van der Waals surface area contributed by atoms with Crippen LogP contribution in [0.3, 0.4) is 0 Å². The topological polar surface area (TPSA) is 80.5 Å². The van der Waals surface area contributed by atoms with Gasteiger partial charge in [-0.3, -0.25) is 4.79 Å². The lowest BCUT2D eigenvalue weighted by Gasteiger charge is -2.31. The maximum Gasteiger partial charge on any atom is 0.258 e. The number of nitrogens with zero attached hydrogens (tertiary/aromatic N) is 1. The third kappa shape index (κ3) is 3.11. The van der Waals surface area contributed by atoms with Crippen LogP contribution in [0.5, 0.6) is 0 Å². The Hall–Kier alpha value is -1.18. The Morgan fingerprint density at radius 2 is 2.15 bits per heavy atom. The molecule has 0 saturated carbocycles. The van der Waals surface area contributed by atoms with Gasteiger partial charge in [0.1, 0.15) is 5.82 Å². The van der Waals surface area contributed by atoms with Crippen LogP contribution in [-0.2, 0) is 10.0 Å². The molecule has 0 aromatic heterocycles. The van der Waals surface area contributed by atoms with Crippen molar-refractivity contribution in [2.45, 2.75) is 18.1 Å². The van der Waals surface area contributed by atoms with E-state index in [9.17, 15) is 17.6 Å². The number of primary sulfonamides is 1. The standard InChI is InChI=1S/C12H14ClFN2O3S/c13-9-4-1-5-10(14)11(9)12(17)16-6-2-3-8(7-16)20(15,18)19/h1,4-5,8H,2-3,6-7H2,(H2,15,18,19). The highest BCUT2D eigenvalue weighted by Gasteiger charge is 2.32. The number of hydrogen-bond acceptors (Lipinski definition) is 3. The highest BCUT2D eigenvalue weighted by atomic mass is 35.5. The van der Waals surface area contributed by atoms with Crippen molar-refractivity contribution in [1.29, 1.82) is 0 Å². The first-order valence-corrected chi connectivity index (χ1v) is 8.04. The van der Waals surface area contributed by atoms with Crippen LogP contribution in [0.25, 0.3) is 0 Å². The van der Waals surface area contributed by atoms with Crippen molar-refractivity contribution in [3.8, 4) is 0 Å². The molecule has 1 fully saturated rings. The van der Waals surface area contributed by atoms with Crippen LogP contribution >= 0.6 is 11.6 Å². The molecule has 2 rings (SSSR count). The van der Waals surface area contributed by atoms with Crippen LogP contribution in [-0.4, -0.2) is 37.6 Å². The van der Waals surface area contributed by atoms with Crippen molar-refractivity contribution in [1.82, 2.24) is 4.90 Å². The summed E-state index contributed by atoms with van der Waals surface area (Å²) in [4.78, 5) is 13.6. The molecule has 2 N–H and O–H groups in total.